The Labute approximate surface area is 126 Å². The number of rotatable bonds is 4. The lowest BCUT2D eigenvalue weighted by atomic mass is 10.2. The van der Waals surface area contributed by atoms with Gasteiger partial charge in [-0.3, -0.25) is 4.79 Å². The molecule has 1 heterocycles. The minimum absolute atomic E-state index is 0.0107. The second-order valence-corrected chi connectivity index (χ2v) is 5.87. The van der Waals surface area contributed by atoms with Crippen LogP contribution in [0.3, 0.4) is 0 Å². The number of primary amides is 1. The van der Waals surface area contributed by atoms with Crippen LogP contribution in [0.1, 0.15) is 5.76 Å². The molecule has 112 valence electrons. The molecule has 0 atom stereocenters. The molecule has 1 aromatic heterocycles. The largest absolute Gasteiger partial charge is 0.457 e. The van der Waals surface area contributed by atoms with Crippen molar-refractivity contribution in [3.05, 3.63) is 47.7 Å². The normalized spacial score (nSPS) is 11.9. The van der Waals surface area contributed by atoms with Crippen LogP contribution in [0.2, 0.25) is 0 Å². The van der Waals surface area contributed by atoms with E-state index in [1.807, 2.05) is 0 Å². The zero-order valence-corrected chi connectivity index (χ0v) is 12.0. The van der Waals surface area contributed by atoms with E-state index in [2.05, 4.69) is 0 Å². The zero-order chi connectivity index (χ0) is 16.3. The average molecular weight is 317 g/mol. The van der Waals surface area contributed by atoms with E-state index in [1.165, 1.54) is 30.3 Å². The number of nitrogens with zero attached hydrogens (tertiary/aromatic N) is 1. The molecule has 0 aliphatic carbocycles. The van der Waals surface area contributed by atoms with Gasteiger partial charge in [0, 0.05) is 11.6 Å². The van der Waals surface area contributed by atoms with Gasteiger partial charge in [0.05, 0.1) is 4.90 Å². The Bertz CT molecular complexity index is 887. The summed E-state index contributed by atoms with van der Waals surface area (Å²) in [6.07, 6.45) is 1.23. The Hall–Kier alpha value is -2.89. The molecule has 1 amide bonds. The van der Waals surface area contributed by atoms with E-state index in [-0.39, 0.29) is 16.2 Å². The summed E-state index contributed by atoms with van der Waals surface area (Å²) in [7, 11) is -3.75. The molecule has 0 radical (unpaired) electrons. The van der Waals surface area contributed by atoms with Gasteiger partial charge in [0.2, 0.25) is 10.0 Å². The van der Waals surface area contributed by atoms with E-state index in [0.717, 1.165) is 0 Å². The molecule has 22 heavy (non-hydrogen) atoms. The standard InChI is InChI=1S/C14H11N3O4S/c15-8-10(14(16)18)7-11-3-6-13(21-11)9-1-4-12(5-2-9)22(17,19)20/h1-7H,(H2,16,18)(H2,17,19,20). The third-order valence-electron chi connectivity index (χ3n) is 2.77. The molecule has 0 aliphatic heterocycles. The third-order valence-corrected chi connectivity index (χ3v) is 3.70. The van der Waals surface area contributed by atoms with Crippen LogP contribution in [0.4, 0.5) is 0 Å². The molecule has 0 aliphatic rings. The number of hydrogen-bond acceptors (Lipinski definition) is 5. The highest BCUT2D eigenvalue weighted by Crippen LogP contribution is 2.24. The number of hydrogen-bond donors (Lipinski definition) is 2. The molecule has 1 aromatic carbocycles. The molecule has 0 spiro atoms. The maximum atomic E-state index is 11.2. The summed E-state index contributed by atoms with van der Waals surface area (Å²) in [5.74, 6) is -0.132. The number of amides is 1. The van der Waals surface area contributed by atoms with Crippen LogP contribution >= 0.6 is 0 Å². The summed E-state index contributed by atoms with van der Waals surface area (Å²) >= 11 is 0. The first-order valence-electron chi connectivity index (χ1n) is 5.96. The van der Waals surface area contributed by atoms with Crippen molar-refractivity contribution in [2.75, 3.05) is 0 Å². The molecular weight excluding hydrogens is 306 g/mol. The van der Waals surface area contributed by atoms with Crippen LogP contribution in [-0.2, 0) is 14.8 Å². The Morgan fingerprint density at radius 3 is 2.32 bits per heavy atom. The first-order chi connectivity index (χ1) is 10.3. The van der Waals surface area contributed by atoms with Crippen molar-refractivity contribution < 1.29 is 17.6 Å². The summed E-state index contributed by atoms with van der Waals surface area (Å²) in [5.41, 5.74) is 5.41. The van der Waals surface area contributed by atoms with E-state index in [0.29, 0.717) is 11.3 Å². The van der Waals surface area contributed by atoms with Crippen molar-refractivity contribution in [2.45, 2.75) is 4.90 Å². The zero-order valence-electron chi connectivity index (χ0n) is 11.2. The van der Waals surface area contributed by atoms with Crippen LogP contribution < -0.4 is 10.9 Å². The Kier molecular flexibility index (Phi) is 4.12. The van der Waals surface area contributed by atoms with Crippen molar-refractivity contribution in [1.29, 1.82) is 5.26 Å². The van der Waals surface area contributed by atoms with Gasteiger partial charge >= 0.3 is 0 Å². The quantitative estimate of drug-likeness (QED) is 0.639. The van der Waals surface area contributed by atoms with Gasteiger partial charge in [0.15, 0.2) is 0 Å². The topological polar surface area (TPSA) is 140 Å². The predicted octanol–water partition coefficient (Wildman–Crippen LogP) is 0.986. The van der Waals surface area contributed by atoms with Crippen LogP contribution in [0, 0.1) is 11.3 Å². The van der Waals surface area contributed by atoms with Crippen molar-refractivity contribution in [3.63, 3.8) is 0 Å². The number of primary sulfonamides is 1. The molecule has 0 fully saturated rings. The summed E-state index contributed by atoms with van der Waals surface area (Å²) in [4.78, 5) is 11.0. The second-order valence-electron chi connectivity index (χ2n) is 4.31. The molecule has 0 saturated carbocycles. The minimum Gasteiger partial charge on any atom is -0.457 e. The van der Waals surface area contributed by atoms with E-state index in [1.54, 1.807) is 18.2 Å². The summed E-state index contributed by atoms with van der Waals surface area (Å²) < 4.78 is 27.8. The second kappa shape index (κ2) is 5.85. The number of benzene rings is 1. The summed E-state index contributed by atoms with van der Waals surface area (Å²) in [5, 5.41) is 13.8. The van der Waals surface area contributed by atoms with Gasteiger partial charge in [-0.1, -0.05) is 0 Å². The molecule has 4 N–H and O–H groups in total. The Balaban J connectivity index is 2.33. The fourth-order valence-electron chi connectivity index (χ4n) is 1.70. The van der Waals surface area contributed by atoms with Crippen molar-refractivity contribution in [3.8, 4) is 17.4 Å². The average Bonchev–Trinajstić information content (AvgIpc) is 2.92. The molecule has 7 nitrogen and oxygen atoms in total. The van der Waals surface area contributed by atoms with Gasteiger partial charge < -0.3 is 10.2 Å². The SMILES string of the molecule is N#CC(=Cc1ccc(-c2ccc(S(N)(=O)=O)cc2)o1)C(N)=O. The van der Waals surface area contributed by atoms with Crippen molar-refractivity contribution in [1.82, 2.24) is 0 Å². The van der Waals surface area contributed by atoms with Gasteiger partial charge in [-0.25, -0.2) is 13.6 Å². The monoisotopic (exact) mass is 317 g/mol. The fraction of sp³-hybridized carbons (Fsp3) is 0. The van der Waals surface area contributed by atoms with Gasteiger partial charge in [-0.15, -0.1) is 0 Å². The van der Waals surface area contributed by atoms with Crippen LogP contribution in [0.25, 0.3) is 17.4 Å². The highest BCUT2D eigenvalue weighted by Gasteiger charge is 2.10. The highest BCUT2D eigenvalue weighted by molar-refractivity contribution is 7.89. The molecule has 0 bridgehead atoms. The summed E-state index contributed by atoms with van der Waals surface area (Å²) in [6, 6.07) is 10.6. The molecule has 0 saturated heterocycles. The molecule has 2 aromatic rings. The van der Waals surface area contributed by atoms with E-state index in [4.69, 9.17) is 20.6 Å². The van der Waals surface area contributed by atoms with E-state index >= 15 is 0 Å². The molecular formula is C14H11N3O4S. The Morgan fingerprint density at radius 2 is 1.82 bits per heavy atom. The first-order valence-corrected chi connectivity index (χ1v) is 7.50. The molecule has 2 rings (SSSR count). The van der Waals surface area contributed by atoms with Gasteiger partial charge in [-0.05, 0) is 36.4 Å². The number of carbonyl (C=O) groups is 1. The van der Waals surface area contributed by atoms with Crippen molar-refractivity contribution >= 4 is 22.0 Å². The lowest BCUT2D eigenvalue weighted by Gasteiger charge is -2.00. The smallest absolute Gasteiger partial charge is 0.259 e. The van der Waals surface area contributed by atoms with Crippen LogP contribution in [0.15, 0.2) is 51.3 Å². The third kappa shape index (κ3) is 3.41. The Morgan fingerprint density at radius 1 is 1.18 bits per heavy atom. The lowest BCUT2D eigenvalue weighted by Crippen LogP contribution is -2.12. The summed E-state index contributed by atoms with van der Waals surface area (Å²) in [6.45, 7) is 0. The number of nitrogens with two attached hydrogens (primary N) is 2. The van der Waals surface area contributed by atoms with Gasteiger partial charge in [-0.2, -0.15) is 5.26 Å². The van der Waals surface area contributed by atoms with Crippen LogP contribution in [-0.4, -0.2) is 14.3 Å². The van der Waals surface area contributed by atoms with Gasteiger partial charge in [0.25, 0.3) is 5.91 Å². The molecule has 0 unspecified atom stereocenters. The molecule has 8 heteroatoms. The van der Waals surface area contributed by atoms with Gasteiger partial charge in [0.1, 0.15) is 23.2 Å². The predicted molar refractivity (Wildman–Crippen MR) is 78.3 cm³/mol. The van der Waals surface area contributed by atoms with E-state index < -0.39 is 15.9 Å². The first kappa shape index (κ1) is 15.5. The van der Waals surface area contributed by atoms with Crippen LogP contribution in [0.5, 0.6) is 0 Å². The maximum absolute atomic E-state index is 11.2. The fourth-order valence-corrected chi connectivity index (χ4v) is 2.21. The lowest BCUT2D eigenvalue weighted by molar-refractivity contribution is -0.114. The number of furan rings is 1. The maximum Gasteiger partial charge on any atom is 0.259 e. The minimum atomic E-state index is -3.75. The number of sulfonamides is 1. The highest BCUT2D eigenvalue weighted by atomic mass is 32.2. The van der Waals surface area contributed by atoms with Crippen molar-refractivity contribution in [2.24, 2.45) is 10.9 Å². The number of nitriles is 1. The number of carbonyl (C=O) groups excluding carboxylic acids is 1. The van der Waals surface area contributed by atoms with E-state index in [9.17, 15) is 13.2 Å².